The summed E-state index contributed by atoms with van der Waals surface area (Å²) in [6.45, 7) is 0. The second-order valence-electron chi connectivity index (χ2n) is 2.53. The molecule has 1 rings (SSSR count). The predicted octanol–water partition coefficient (Wildman–Crippen LogP) is -1.51. The van der Waals surface area contributed by atoms with Crippen LogP contribution in [0.5, 0.6) is 0 Å². The number of carbonyl (C=O) groups excluding carboxylic acids is 2. The summed E-state index contributed by atoms with van der Waals surface area (Å²) < 4.78 is 0. The fourth-order valence-corrected chi connectivity index (χ4v) is 1.44. The van der Waals surface area contributed by atoms with Crippen molar-refractivity contribution >= 4 is 27.8 Å². The topological polar surface area (TPSA) is 40.6 Å². The van der Waals surface area contributed by atoms with Crippen LogP contribution in [-0.2, 0) is 9.59 Å². The van der Waals surface area contributed by atoms with E-state index in [0.717, 1.165) is 0 Å². The summed E-state index contributed by atoms with van der Waals surface area (Å²) in [6, 6.07) is 0. The monoisotopic (exact) mass is 222 g/mol. The standard InChI is InChI=1S/C6H10N2O2Se/c1-7-4(9)3-5(10)8(2)6(7)11/h6,11H,3H2,1-2H3. The summed E-state index contributed by atoms with van der Waals surface area (Å²) in [5.41, 5.74) is 0. The van der Waals surface area contributed by atoms with E-state index >= 15 is 0 Å². The van der Waals surface area contributed by atoms with E-state index in [0.29, 0.717) is 0 Å². The van der Waals surface area contributed by atoms with Gasteiger partial charge in [-0.3, -0.25) is 0 Å². The molecule has 62 valence electrons. The van der Waals surface area contributed by atoms with Crippen LogP contribution in [0.4, 0.5) is 0 Å². The first kappa shape index (κ1) is 8.56. The number of carbonyl (C=O) groups is 2. The van der Waals surface area contributed by atoms with Gasteiger partial charge >= 0.3 is 72.8 Å². The van der Waals surface area contributed by atoms with E-state index in [2.05, 4.69) is 16.0 Å². The molecule has 0 aromatic heterocycles. The van der Waals surface area contributed by atoms with Gasteiger partial charge in [0.05, 0.1) is 0 Å². The minimum absolute atomic E-state index is 0.00125. The molecule has 0 spiro atoms. The summed E-state index contributed by atoms with van der Waals surface area (Å²) >= 11 is 2.29. The third kappa shape index (κ3) is 1.39. The number of amides is 2. The van der Waals surface area contributed by atoms with Gasteiger partial charge in [0.1, 0.15) is 0 Å². The zero-order valence-electron chi connectivity index (χ0n) is 6.44. The van der Waals surface area contributed by atoms with Crippen LogP contribution in [-0.4, -0.2) is 56.8 Å². The number of hydrogen-bond acceptors (Lipinski definition) is 2. The van der Waals surface area contributed by atoms with Crippen molar-refractivity contribution in [2.24, 2.45) is 0 Å². The Hall–Kier alpha value is -0.541. The molecular weight excluding hydrogens is 211 g/mol. The average molecular weight is 221 g/mol. The zero-order chi connectivity index (χ0) is 8.59. The molecule has 5 heteroatoms. The van der Waals surface area contributed by atoms with Crippen molar-refractivity contribution in [2.45, 2.75) is 11.5 Å². The van der Waals surface area contributed by atoms with E-state index in [-0.39, 0.29) is 23.3 Å². The maximum atomic E-state index is 11.0. The summed E-state index contributed by atoms with van der Waals surface area (Å²) in [4.78, 5) is 25.1. The van der Waals surface area contributed by atoms with Crippen molar-refractivity contribution in [1.82, 2.24) is 9.80 Å². The van der Waals surface area contributed by atoms with E-state index in [4.69, 9.17) is 0 Å². The Kier molecular flexibility index (Phi) is 2.20. The Labute approximate surface area is 73.3 Å². The average Bonchev–Trinajstić information content (AvgIpc) is 1.97. The number of rotatable bonds is 0. The van der Waals surface area contributed by atoms with E-state index < -0.39 is 0 Å². The first-order valence-electron chi connectivity index (χ1n) is 3.23. The van der Waals surface area contributed by atoms with Crippen LogP contribution in [0.25, 0.3) is 0 Å². The molecule has 0 aromatic rings. The van der Waals surface area contributed by atoms with Gasteiger partial charge in [0.2, 0.25) is 0 Å². The molecule has 0 radical (unpaired) electrons. The SMILES string of the molecule is CN1C(=O)CC(=O)N(C)C1[SeH]. The maximum absolute atomic E-state index is 11.0. The number of nitrogens with zero attached hydrogens (tertiary/aromatic N) is 2. The van der Waals surface area contributed by atoms with Gasteiger partial charge < -0.3 is 0 Å². The molecule has 1 fully saturated rings. The van der Waals surface area contributed by atoms with Crippen LogP contribution < -0.4 is 0 Å². The predicted molar refractivity (Wildman–Crippen MR) is 41.1 cm³/mol. The third-order valence-corrected chi connectivity index (χ3v) is 3.24. The molecular formula is C6H10N2O2Se. The Bertz CT molecular complexity index is 187. The molecule has 1 aliphatic rings. The van der Waals surface area contributed by atoms with E-state index in [1.54, 1.807) is 23.9 Å². The summed E-state index contributed by atoms with van der Waals surface area (Å²) in [7, 11) is 3.38. The molecule has 0 bridgehead atoms. The van der Waals surface area contributed by atoms with Crippen molar-refractivity contribution in [3.05, 3.63) is 0 Å². The van der Waals surface area contributed by atoms with Crippen molar-refractivity contribution in [1.29, 1.82) is 0 Å². The first-order valence-corrected chi connectivity index (χ1v) is 4.32. The van der Waals surface area contributed by atoms with Crippen LogP contribution in [0.3, 0.4) is 0 Å². The first-order chi connectivity index (χ1) is 5.04. The fourth-order valence-electron chi connectivity index (χ4n) is 0.896. The molecule has 1 saturated heterocycles. The fraction of sp³-hybridized carbons (Fsp3) is 0.667. The summed E-state index contributed by atoms with van der Waals surface area (Å²) in [5, 5.41) is -0.170. The van der Waals surface area contributed by atoms with Gasteiger partial charge in [0.15, 0.2) is 0 Å². The molecule has 11 heavy (non-hydrogen) atoms. The minimum atomic E-state index is -0.170. The van der Waals surface area contributed by atoms with Crippen LogP contribution in [0.1, 0.15) is 6.42 Å². The molecule has 0 aromatic carbocycles. The molecule has 0 atom stereocenters. The van der Waals surface area contributed by atoms with Crippen molar-refractivity contribution in [3.8, 4) is 0 Å². The van der Waals surface area contributed by atoms with Gasteiger partial charge in [-0.1, -0.05) is 0 Å². The van der Waals surface area contributed by atoms with E-state index in [1.165, 1.54) is 0 Å². The molecule has 0 saturated carbocycles. The molecule has 1 heterocycles. The Morgan fingerprint density at radius 2 is 1.64 bits per heavy atom. The normalized spacial score (nSPS) is 21.4. The Balaban J connectivity index is 2.78. The molecule has 2 amide bonds. The third-order valence-electron chi connectivity index (χ3n) is 1.78. The Morgan fingerprint density at radius 1 is 1.27 bits per heavy atom. The summed E-state index contributed by atoms with van der Waals surface area (Å²) in [5.74, 6) is -0.225. The van der Waals surface area contributed by atoms with E-state index in [1.807, 2.05) is 0 Å². The van der Waals surface area contributed by atoms with Crippen LogP contribution in [0, 0.1) is 0 Å². The van der Waals surface area contributed by atoms with Gasteiger partial charge in [-0.15, -0.1) is 0 Å². The summed E-state index contributed by atoms with van der Waals surface area (Å²) in [6.07, 6.45) is 0.00125. The number of hydrogen-bond donors (Lipinski definition) is 0. The van der Waals surface area contributed by atoms with Gasteiger partial charge in [-0.05, 0) is 0 Å². The van der Waals surface area contributed by atoms with Crippen molar-refractivity contribution < 1.29 is 9.59 Å². The van der Waals surface area contributed by atoms with Gasteiger partial charge in [0.25, 0.3) is 0 Å². The second kappa shape index (κ2) is 2.83. The second-order valence-corrected chi connectivity index (χ2v) is 3.50. The zero-order valence-corrected chi connectivity index (χ0v) is 8.32. The van der Waals surface area contributed by atoms with Gasteiger partial charge in [-0.2, -0.15) is 0 Å². The molecule has 0 unspecified atom stereocenters. The van der Waals surface area contributed by atoms with E-state index in [9.17, 15) is 9.59 Å². The molecule has 1 aliphatic heterocycles. The van der Waals surface area contributed by atoms with Crippen LogP contribution >= 0.6 is 0 Å². The van der Waals surface area contributed by atoms with Crippen LogP contribution in [0.2, 0.25) is 0 Å². The van der Waals surface area contributed by atoms with Crippen molar-refractivity contribution in [3.63, 3.8) is 0 Å². The van der Waals surface area contributed by atoms with Crippen LogP contribution in [0.15, 0.2) is 0 Å². The Morgan fingerprint density at radius 3 is 2.00 bits per heavy atom. The quantitative estimate of drug-likeness (QED) is 0.368. The molecule has 0 aliphatic carbocycles. The van der Waals surface area contributed by atoms with Gasteiger partial charge in [-0.25, -0.2) is 0 Å². The van der Waals surface area contributed by atoms with Gasteiger partial charge in [0, 0.05) is 0 Å². The molecule has 0 N–H and O–H groups in total. The van der Waals surface area contributed by atoms with Crippen molar-refractivity contribution in [2.75, 3.05) is 14.1 Å². The molecule has 4 nitrogen and oxygen atoms in total.